The lowest BCUT2D eigenvalue weighted by Crippen LogP contribution is -2.30. The molecule has 0 atom stereocenters. The summed E-state index contributed by atoms with van der Waals surface area (Å²) in [6, 6.07) is 21.9. The maximum atomic E-state index is 13.3. The average Bonchev–Trinajstić information content (AvgIpc) is 2.69. The highest BCUT2D eigenvalue weighted by atomic mass is 35.5. The molecule has 0 amide bonds. The van der Waals surface area contributed by atoms with Crippen LogP contribution < -0.4 is 0 Å². The van der Waals surface area contributed by atoms with Crippen LogP contribution in [0.25, 0.3) is 0 Å². The van der Waals surface area contributed by atoms with Gasteiger partial charge in [0.1, 0.15) is 5.02 Å². The monoisotopic (exact) mass is 416 g/mol. The number of nitrogens with zero attached hydrogens (tertiary/aromatic N) is 2. The SMILES string of the molecule is O=[N+]([O-])c1cc(S(=O)(=O)N(Cc2ccccc2)Cc2ccccc2)ccc1Cl. The van der Waals surface area contributed by atoms with Crippen LogP contribution >= 0.6 is 11.6 Å². The van der Waals surface area contributed by atoms with Gasteiger partial charge in [-0.1, -0.05) is 72.3 Å². The van der Waals surface area contributed by atoms with E-state index in [2.05, 4.69) is 0 Å². The summed E-state index contributed by atoms with van der Waals surface area (Å²) in [6.45, 7) is 0.267. The fourth-order valence-corrected chi connectivity index (χ4v) is 4.37. The molecule has 0 heterocycles. The number of hydrogen-bond acceptors (Lipinski definition) is 4. The largest absolute Gasteiger partial charge is 0.289 e. The summed E-state index contributed by atoms with van der Waals surface area (Å²) >= 11 is 5.83. The third kappa shape index (κ3) is 4.56. The van der Waals surface area contributed by atoms with Gasteiger partial charge in [-0.2, -0.15) is 4.31 Å². The number of nitro benzene ring substituents is 1. The summed E-state index contributed by atoms with van der Waals surface area (Å²) in [5.41, 5.74) is 1.18. The van der Waals surface area contributed by atoms with Gasteiger partial charge in [0.25, 0.3) is 5.69 Å². The van der Waals surface area contributed by atoms with E-state index >= 15 is 0 Å². The van der Waals surface area contributed by atoms with Crippen LogP contribution in [0.1, 0.15) is 11.1 Å². The van der Waals surface area contributed by atoms with E-state index in [-0.39, 0.29) is 23.0 Å². The quantitative estimate of drug-likeness (QED) is 0.415. The summed E-state index contributed by atoms with van der Waals surface area (Å²) in [6.07, 6.45) is 0. The van der Waals surface area contributed by atoms with Crippen LogP contribution in [0.2, 0.25) is 5.02 Å². The summed E-state index contributed by atoms with van der Waals surface area (Å²) in [5.74, 6) is 0. The molecule has 0 aromatic heterocycles. The second-order valence-corrected chi connectivity index (χ2v) is 8.46. The number of sulfonamides is 1. The number of hydrogen-bond donors (Lipinski definition) is 0. The van der Waals surface area contributed by atoms with E-state index in [1.807, 2.05) is 60.7 Å². The van der Waals surface area contributed by atoms with E-state index in [0.29, 0.717) is 0 Å². The van der Waals surface area contributed by atoms with Gasteiger partial charge in [-0.15, -0.1) is 0 Å². The van der Waals surface area contributed by atoms with E-state index in [9.17, 15) is 18.5 Å². The molecule has 6 nitrogen and oxygen atoms in total. The second-order valence-electron chi connectivity index (χ2n) is 6.11. The van der Waals surface area contributed by atoms with E-state index < -0.39 is 20.6 Å². The minimum absolute atomic E-state index is 0.110. The topological polar surface area (TPSA) is 80.5 Å². The van der Waals surface area contributed by atoms with Crippen LogP contribution in [0.15, 0.2) is 83.8 Å². The minimum atomic E-state index is -4.00. The Balaban J connectivity index is 2.02. The molecular weight excluding hydrogens is 400 g/mol. The van der Waals surface area contributed by atoms with E-state index in [4.69, 9.17) is 11.6 Å². The van der Waals surface area contributed by atoms with Crippen LogP contribution in [-0.4, -0.2) is 17.6 Å². The minimum Gasteiger partial charge on any atom is -0.258 e. The fraction of sp³-hybridized carbons (Fsp3) is 0.100. The lowest BCUT2D eigenvalue weighted by Gasteiger charge is -2.22. The Labute approximate surface area is 168 Å². The first-order valence-corrected chi connectivity index (χ1v) is 10.2. The highest BCUT2D eigenvalue weighted by Crippen LogP contribution is 2.29. The van der Waals surface area contributed by atoms with Crippen molar-refractivity contribution < 1.29 is 13.3 Å². The van der Waals surface area contributed by atoms with E-state index in [0.717, 1.165) is 17.2 Å². The summed E-state index contributed by atoms with van der Waals surface area (Å²) in [4.78, 5) is 10.3. The van der Waals surface area contributed by atoms with Gasteiger partial charge < -0.3 is 0 Å². The van der Waals surface area contributed by atoms with Gasteiger partial charge in [-0.3, -0.25) is 10.1 Å². The number of nitro groups is 1. The smallest absolute Gasteiger partial charge is 0.258 e. The Kier molecular flexibility index (Phi) is 6.08. The lowest BCUT2D eigenvalue weighted by molar-refractivity contribution is -0.384. The first kappa shape index (κ1) is 20.0. The third-order valence-corrected chi connectivity index (χ3v) is 6.26. The zero-order chi connectivity index (χ0) is 20.1. The van der Waals surface area contributed by atoms with Gasteiger partial charge in [0, 0.05) is 19.2 Å². The molecule has 0 fully saturated rings. The zero-order valence-corrected chi connectivity index (χ0v) is 16.3. The van der Waals surface area contributed by atoms with Crippen molar-refractivity contribution in [3.05, 3.63) is 105 Å². The summed E-state index contributed by atoms with van der Waals surface area (Å²) in [5, 5.41) is 11.1. The Morgan fingerprint density at radius 3 is 1.82 bits per heavy atom. The van der Waals surface area contributed by atoms with Crippen molar-refractivity contribution in [2.75, 3.05) is 0 Å². The molecule has 8 heteroatoms. The molecule has 0 bridgehead atoms. The van der Waals surface area contributed by atoms with Crippen molar-refractivity contribution in [1.29, 1.82) is 0 Å². The Morgan fingerprint density at radius 1 is 0.857 bits per heavy atom. The molecule has 0 N–H and O–H groups in total. The fourth-order valence-electron chi connectivity index (χ4n) is 2.74. The van der Waals surface area contributed by atoms with Gasteiger partial charge in [-0.05, 0) is 23.3 Å². The first-order chi connectivity index (χ1) is 13.4. The molecule has 3 aromatic carbocycles. The normalized spacial score (nSPS) is 11.5. The molecule has 0 spiro atoms. The number of benzene rings is 3. The molecule has 0 aliphatic rings. The van der Waals surface area contributed by atoms with Crippen molar-refractivity contribution in [1.82, 2.24) is 4.31 Å². The standard InChI is InChI=1S/C20H17ClN2O4S/c21-19-12-11-18(13-20(19)23(24)25)28(26,27)22(14-16-7-3-1-4-8-16)15-17-9-5-2-6-10-17/h1-13H,14-15H2. The van der Waals surface area contributed by atoms with Crippen LogP contribution in [0.5, 0.6) is 0 Å². The maximum Gasteiger partial charge on any atom is 0.289 e. The molecule has 0 saturated heterocycles. The Bertz CT molecular complexity index is 1030. The molecule has 28 heavy (non-hydrogen) atoms. The predicted octanol–water partition coefficient (Wildman–Crippen LogP) is 4.64. The van der Waals surface area contributed by atoms with E-state index in [1.54, 1.807) is 0 Å². The summed E-state index contributed by atoms with van der Waals surface area (Å²) in [7, 11) is -4.00. The Morgan fingerprint density at radius 2 is 1.36 bits per heavy atom. The van der Waals surface area contributed by atoms with Gasteiger partial charge in [0.05, 0.1) is 9.82 Å². The molecule has 144 valence electrons. The van der Waals surface area contributed by atoms with Crippen LogP contribution in [0.4, 0.5) is 5.69 Å². The van der Waals surface area contributed by atoms with Crippen molar-refractivity contribution in [2.24, 2.45) is 0 Å². The first-order valence-electron chi connectivity index (χ1n) is 8.40. The molecule has 3 aromatic rings. The van der Waals surface area contributed by atoms with Crippen LogP contribution in [0.3, 0.4) is 0 Å². The van der Waals surface area contributed by atoms with Gasteiger partial charge in [0.15, 0.2) is 0 Å². The van der Waals surface area contributed by atoms with Crippen molar-refractivity contribution in [3.63, 3.8) is 0 Å². The Hall–Kier alpha value is -2.74. The van der Waals surface area contributed by atoms with Crippen molar-refractivity contribution in [3.8, 4) is 0 Å². The highest BCUT2D eigenvalue weighted by Gasteiger charge is 2.27. The lowest BCUT2D eigenvalue weighted by atomic mass is 10.2. The second kappa shape index (κ2) is 8.52. The van der Waals surface area contributed by atoms with Crippen LogP contribution in [0, 0.1) is 10.1 Å². The van der Waals surface area contributed by atoms with Gasteiger partial charge >= 0.3 is 0 Å². The van der Waals surface area contributed by atoms with Crippen molar-refractivity contribution >= 4 is 27.3 Å². The molecule has 0 saturated carbocycles. The van der Waals surface area contributed by atoms with Gasteiger partial charge in [-0.25, -0.2) is 8.42 Å². The molecule has 0 aliphatic heterocycles. The number of halogens is 1. The molecule has 3 rings (SSSR count). The molecule has 0 radical (unpaired) electrons. The number of rotatable bonds is 7. The average molecular weight is 417 g/mol. The highest BCUT2D eigenvalue weighted by molar-refractivity contribution is 7.89. The summed E-state index contributed by atoms with van der Waals surface area (Å²) < 4.78 is 27.9. The third-order valence-electron chi connectivity index (χ3n) is 4.16. The predicted molar refractivity (Wildman–Crippen MR) is 107 cm³/mol. The van der Waals surface area contributed by atoms with E-state index in [1.165, 1.54) is 16.4 Å². The van der Waals surface area contributed by atoms with Gasteiger partial charge in [0.2, 0.25) is 10.0 Å². The molecule has 0 aliphatic carbocycles. The molecule has 0 unspecified atom stereocenters. The zero-order valence-electron chi connectivity index (χ0n) is 14.7. The maximum absolute atomic E-state index is 13.3. The van der Waals surface area contributed by atoms with Crippen molar-refractivity contribution in [2.45, 2.75) is 18.0 Å². The molecular formula is C20H17ClN2O4S. The van der Waals surface area contributed by atoms with Crippen LogP contribution in [-0.2, 0) is 23.1 Å².